The summed E-state index contributed by atoms with van der Waals surface area (Å²) in [5, 5.41) is 3.38. The van der Waals surface area contributed by atoms with Crippen molar-refractivity contribution >= 4 is 5.69 Å². The molecule has 0 aliphatic heterocycles. The van der Waals surface area contributed by atoms with Crippen LogP contribution in [0, 0.1) is 5.92 Å². The molecule has 3 nitrogen and oxygen atoms in total. The van der Waals surface area contributed by atoms with Gasteiger partial charge in [0.1, 0.15) is 0 Å². The van der Waals surface area contributed by atoms with Crippen molar-refractivity contribution in [2.45, 2.75) is 53.1 Å². The molecule has 0 saturated heterocycles. The molecular formula is C16H29N3. The smallest absolute Gasteiger partial charge is 0.0572 e. The minimum Gasteiger partial charge on any atom is -0.371 e. The van der Waals surface area contributed by atoms with Crippen molar-refractivity contribution in [3.05, 3.63) is 24.0 Å². The Balaban J connectivity index is 2.69. The molecule has 0 aliphatic carbocycles. The van der Waals surface area contributed by atoms with Crippen LogP contribution in [0.1, 0.15) is 52.8 Å². The third-order valence-corrected chi connectivity index (χ3v) is 3.61. The van der Waals surface area contributed by atoms with Gasteiger partial charge in [-0.05, 0) is 44.9 Å². The van der Waals surface area contributed by atoms with Crippen LogP contribution in [0.4, 0.5) is 5.69 Å². The lowest BCUT2D eigenvalue weighted by atomic mass is 10.0. The minimum atomic E-state index is 0.317. The van der Waals surface area contributed by atoms with E-state index in [1.165, 1.54) is 12.1 Å². The zero-order valence-corrected chi connectivity index (χ0v) is 13.3. The second kappa shape index (κ2) is 7.49. The van der Waals surface area contributed by atoms with Gasteiger partial charge in [0, 0.05) is 19.1 Å². The Morgan fingerprint density at radius 3 is 2.37 bits per heavy atom. The molecule has 108 valence electrons. The second-order valence-electron chi connectivity index (χ2n) is 5.81. The molecule has 0 fully saturated rings. The van der Waals surface area contributed by atoms with E-state index in [2.05, 4.69) is 69.0 Å². The molecular weight excluding hydrogens is 234 g/mol. The van der Waals surface area contributed by atoms with E-state index in [1.807, 2.05) is 6.20 Å². The largest absolute Gasteiger partial charge is 0.371 e. The van der Waals surface area contributed by atoms with Gasteiger partial charge in [-0.1, -0.05) is 20.8 Å². The molecule has 1 rings (SSSR count). The summed E-state index contributed by atoms with van der Waals surface area (Å²) in [5.41, 5.74) is 2.30. The number of nitrogens with zero attached hydrogens (tertiary/aromatic N) is 2. The molecule has 0 spiro atoms. The van der Waals surface area contributed by atoms with E-state index >= 15 is 0 Å². The molecule has 1 N–H and O–H groups in total. The lowest BCUT2D eigenvalue weighted by molar-refractivity contribution is 0.503. The van der Waals surface area contributed by atoms with Gasteiger partial charge in [0.2, 0.25) is 0 Å². The molecule has 0 aromatic carbocycles. The number of anilines is 1. The SMILES string of the molecule is CCNC(C)c1ccc(N(C)C(C)CC(C)C)cn1. The molecule has 3 heteroatoms. The highest BCUT2D eigenvalue weighted by atomic mass is 15.1. The lowest BCUT2D eigenvalue weighted by Gasteiger charge is -2.28. The van der Waals surface area contributed by atoms with Gasteiger partial charge in [-0.15, -0.1) is 0 Å². The summed E-state index contributed by atoms with van der Waals surface area (Å²) in [7, 11) is 2.15. The fraction of sp³-hybridized carbons (Fsp3) is 0.688. The van der Waals surface area contributed by atoms with Crippen LogP contribution in [0.25, 0.3) is 0 Å². The Morgan fingerprint density at radius 2 is 1.89 bits per heavy atom. The summed E-state index contributed by atoms with van der Waals surface area (Å²) in [6, 6.07) is 5.16. The Morgan fingerprint density at radius 1 is 1.21 bits per heavy atom. The number of aromatic nitrogens is 1. The van der Waals surface area contributed by atoms with Crippen LogP contribution in [-0.2, 0) is 0 Å². The van der Waals surface area contributed by atoms with Crippen molar-refractivity contribution in [3.8, 4) is 0 Å². The molecule has 19 heavy (non-hydrogen) atoms. The Hall–Kier alpha value is -1.09. The van der Waals surface area contributed by atoms with Gasteiger partial charge >= 0.3 is 0 Å². The lowest BCUT2D eigenvalue weighted by Crippen LogP contribution is -2.30. The monoisotopic (exact) mass is 263 g/mol. The summed E-state index contributed by atoms with van der Waals surface area (Å²) in [5.74, 6) is 0.721. The Kier molecular flexibility index (Phi) is 6.29. The Labute approximate surface area is 118 Å². The third kappa shape index (κ3) is 4.83. The van der Waals surface area contributed by atoms with Gasteiger partial charge < -0.3 is 10.2 Å². The second-order valence-corrected chi connectivity index (χ2v) is 5.81. The first-order valence-electron chi connectivity index (χ1n) is 7.37. The molecule has 2 atom stereocenters. The van der Waals surface area contributed by atoms with Crippen molar-refractivity contribution in [2.24, 2.45) is 5.92 Å². The highest BCUT2D eigenvalue weighted by Crippen LogP contribution is 2.20. The van der Waals surface area contributed by atoms with E-state index in [4.69, 9.17) is 0 Å². The zero-order valence-electron chi connectivity index (χ0n) is 13.3. The number of hydrogen-bond donors (Lipinski definition) is 1. The maximum atomic E-state index is 4.58. The first kappa shape index (κ1) is 16.0. The molecule has 0 aliphatic rings. The quantitative estimate of drug-likeness (QED) is 0.814. The van der Waals surface area contributed by atoms with Gasteiger partial charge in [-0.2, -0.15) is 0 Å². The van der Waals surface area contributed by atoms with Crippen molar-refractivity contribution < 1.29 is 0 Å². The molecule has 2 unspecified atom stereocenters. The van der Waals surface area contributed by atoms with Gasteiger partial charge in [0.05, 0.1) is 17.6 Å². The number of rotatable bonds is 7. The maximum absolute atomic E-state index is 4.58. The molecule has 1 aromatic rings. The number of hydrogen-bond acceptors (Lipinski definition) is 3. The summed E-state index contributed by atoms with van der Waals surface area (Å²) in [4.78, 5) is 6.89. The third-order valence-electron chi connectivity index (χ3n) is 3.61. The first-order chi connectivity index (χ1) is 8.95. The van der Waals surface area contributed by atoms with E-state index in [0.717, 1.165) is 18.2 Å². The molecule has 1 heterocycles. The van der Waals surface area contributed by atoms with Crippen LogP contribution in [-0.4, -0.2) is 24.6 Å². The highest BCUT2D eigenvalue weighted by Gasteiger charge is 2.13. The maximum Gasteiger partial charge on any atom is 0.0572 e. The average Bonchev–Trinajstić information content (AvgIpc) is 2.37. The van der Waals surface area contributed by atoms with Crippen LogP contribution >= 0.6 is 0 Å². The predicted octanol–water partition coefficient (Wildman–Crippen LogP) is 3.62. The minimum absolute atomic E-state index is 0.317. The van der Waals surface area contributed by atoms with Gasteiger partial charge in [-0.3, -0.25) is 4.98 Å². The van der Waals surface area contributed by atoms with Crippen LogP contribution in [0.3, 0.4) is 0 Å². The van der Waals surface area contributed by atoms with E-state index in [-0.39, 0.29) is 0 Å². The van der Waals surface area contributed by atoms with Crippen LogP contribution in [0.15, 0.2) is 18.3 Å². The van der Waals surface area contributed by atoms with Gasteiger partial charge in [0.25, 0.3) is 0 Å². The van der Waals surface area contributed by atoms with Crippen molar-refractivity contribution in [3.63, 3.8) is 0 Å². The highest BCUT2D eigenvalue weighted by molar-refractivity contribution is 5.44. The van der Waals surface area contributed by atoms with Crippen molar-refractivity contribution in [2.75, 3.05) is 18.5 Å². The molecule has 0 radical (unpaired) electrons. The molecule has 0 amide bonds. The van der Waals surface area contributed by atoms with Crippen molar-refractivity contribution in [1.29, 1.82) is 0 Å². The zero-order chi connectivity index (χ0) is 14.4. The van der Waals surface area contributed by atoms with Crippen LogP contribution < -0.4 is 10.2 Å². The number of pyridine rings is 1. The van der Waals surface area contributed by atoms with Gasteiger partial charge in [0.15, 0.2) is 0 Å². The molecule has 0 bridgehead atoms. The normalized spacial score (nSPS) is 14.5. The summed E-state index contributed by atoms with van der Waals surface area (Å²) in [6.45, 7) is 12.0. The van der Waals surface area contributed by atoms with Crippen LogP contribution in [0.5, 0.6) is 0 Å². The topological polar surface area (TPSA) is 28.2 Å². The fourth-order valence-corrected chi connectivity index (χ4v) is 2.37. The molecule has 0 saturated carbocycles. The van der Waals surface area contributed by atoms with E-state index < -0.39 is 0 Å². The summed E-state index contributed by atoms with van der Waals surface area (Å²) < 4.78 is 0. The molecule has 1 aromatic heterocycles. The van der Waals surface area contributed by atoms with Crippen molar-refractivity contribution in [1.82, 2.24) is 10.3 Å². The van der Waals surface area contributed by atoms with E-state index in [1.54, 1.807) is 0 Å². The van der Waals surface area contributed by atoms with Crippen LogP contribution in [0.2, 0.25) is 0 Å². The number of nitrogens with one attached hydrogen (secondary N) is 1. The standard InChI is InChI=1S/C16H29N3/c1-7-17-14(5)16-9-8-15(11-18-16)19(6)13(4)10-12(2)3/h8-9,11-14,17H,7,10H2,1-6H3. The van der Waals surface area contributed by atoms with E-state index in [0.29, 0.717) is 12.1 Å². The van der Waals surface area contributed by atoms with E-state index in [9.17, 15) is 0 Å². The summed E-state index contributed by atoms with van der Waals surface area (Å²) in [6.07, 6.45) is 3.19. The predicted molar refractivity (Wildman–Crippen MR) is 83.6 cm³/mol. The first-order valence-corrected chi connectivity index (χ1v) is 7.37. The Bertz CT molecular complexity index is 359. The average molecular weight is 263 g/mol. The fourth-order valence-electron chi connectivity index (χ4n) is 2.37. The van der Waals surface area contributed by atoms with Gasteiger partial charge in [-0.25, -0.2) is 0 Å². The summed E-state index contributed by atoms with van der Waals surface area (Å²) >= 11 is 0.